The van der Waals surface area contributed by atoms with Crippen LogP contribution in [0.15, 0.2) is 29.3 Å². The molecule has 0 radical (unpaired) electrons. The minimum atomic E-state index is -0.0149. The number of nitrogens with one attached hydrogen (secondary N) is 2. The number of piperidine rings is 1. The summed E-state index contributed by atoms with van der Waals surface area (Å²) in [6, 6.07) is 7.69. The van der Waals surface area contributed by atoms with Gasteiger partial charge in [-0.3, -0.25) is 4.99 Å². The van der Waals surface area contributed by atoms with Gasteiger partial charge in [0.05, 0.1) is 20.3 Å². The third-order valence-corrected chi connectivity index (χ3v) is 5.05. The predicted molar refractivity (Wildman–Crippen MR) is 129 cm³/mol. The molecule has 8 heteroatoms. The zero-order valence-corrected chi connectivity index (χ0v) is 20.5. The zero-order valence-electron chi connectivity index (χ0n) is 18.1. The van der Waals surface area contributed by atoms with Crippen LogP contribution in [-0.4, -0.2) is 77.6 Å². The van der Waals surface area contributed by atoms with E-state index >= 15 is 0 Å². The number of methoxy groups -OCH3 is 2. The van der Waals surface area contributed by atoms with E-state index in [1.807, 2.05) is 31.2 Å². The first-order valence-corrected chi connectivity index (χ1v) is 10.1. The van der Waals surface area contributed by atoms with Gasteiger partial charge in [-0.15, -0.1) is 24.0 Å². The first-order valence-electron chi connectivity index (χ1n) is 10.1. The van der Waals surface area contributed by atoms with Crippen LogP contribution in [-0.2, 0) is 4.74 Å². The number of rotatable bonds is 10. The van der Waals surface area contributed by atoms with Gasteiger partial charge < -0.3 is 29.7 Å². The molecule has 0 amide bonds. The molecule has 1 aliphatic heterocycles. The Morgan fingerprint density at radius 2 is 1.86 bits per heavy atom. The highest BCUT2D eigenvalue weighted by atomic mass is 127. The molecule has 1 atom stereocenters. The fourth-order valence-corrected chi connectivity index (χ4v) is 3.31. The van der Waals surface area contributed by atoms with Crippen molar-refractivity contribution in [3.05, 3.63) is 24.3 Å². The molecule has 1 aliphatic rings. The van der Waals surface area contributed by atoms with Crippen LogP contribution in [0.4, 0.5) is 0 Å². The fraction of sp³-hybridized carbons (Fsp3) is 0.667. The SMILES string of the molecule is CN=C(NCC1CCN(CCOC)CC1)NCC(C)Oc1ccccc1OC.I. The van der Waals surface area contributed by atoms with Crippen LogP contribution in [0.2, 0.25) is 0 Å². The van der Waals surface area contributed by atoms with Crippen LogP contribution in [0.5, 0.6) is 11.5 Å². The molecule has 0 aromatic heterocycles. The lowest BCUT2D eigenvalue weighted by molar-refractivity contribution is 0.121. The summed E-state index contributed by atoms with van der Waals surface area (Å²) in [6.45, 7) is 7.77. The van der Waals surface area contributed by atoms with Crippen molar-refractivity contribution in [3.63, 3.8) is 0 Å². The van der Waals surface area contributed by atoms with E-state index in [-0.39, 0.29) is 30.1 Å². The monoisotopic (exact) mass is 520 g/mol. The molecular formula is C21H37IN4O3. The van der Waals surface area contributed by atoms with Gasteiger partial charge >= 0.3 is 0 Å². The molecule has 2 N–H and O–H groups in total. The van der Waals surface area contributed by atoms with Gasteiger partial charge in [-0.1, -0.05) is 12.1 Å². The smallest absolute Gasteiger partial charge is 0.191 e. The van der Waals surface area contributed by atoms with Crippen LogP contribution in [0.1, 0.15) is 19.8 Å². The van der Waals surface area contributed by atoms with Crippen molar-refractivity contribution in [1.82, 2.24) is 15.5 Å². The van der Waals surface area contributed by atoms with Crippen LogP contribution >= 0.6 is 24.0 Å². The van der Waals surface area contributed by atoms with Gasteiger partial charge in [0.25, 0.3) is 0 Å². The lowest BCUT2D eigenvalue weighted by Gasteiger charge is -2.32. The number of ether oxygens (including phenoxy) is 3. The summed E-state index contributed by atoms with van der Waals surface area (Å²) in [5.41, 5.74) is 0. The van der Waals surface area contributed by atoms with Gasteiger partial charge in [0.15, 0.2) is 17.5 Å². The Morgan fingerprint density at radius 1 is 1.17 bits per heavy atom. The largest absolute Gasteiger partial charge is 0.493 e. The first kappa shape index (κ1) is 25.8. The Balaban J connectivity index is 0.00000420. The van der Waals surface area contributed by atoms with E-state index in [4.69, 9.17) is 14.2 Å². The maximum absolute atomic E-state index is 5.98. The van der Waals surface area contributed by atoms with E-state index in [1.54, 1.807) is 21.3 Å². The summed E-state index contributed by atoms with van der Waals surface area (Å²) < 4.78 is 16.5. The van der Waals surface area contributed by atoms with Crippen molar-refractivity contribution >= 4 is 29.9 Å². The molecule has 0 saturated carbocycles. The summed E-state index contributed by atoms with van der Waals surface area (Å²) in [5.74, 6) is 2.99. The van der Waals surface area contributed by atoms with Crippen molar-refractivity contribution in [2.75, 3.05) is 60.6 Å². The summed E-state index contributed by atoms with van der Waals surface area (Å²) in [5, 5.41) is 6.80. The number of nitrogens with zero attached hydrogens (tertiary/aromatic N) is 2. The average Bonchev–Trinajstić information content (AvgIpc) is 2.73. The van der Waals surface area contributed by atoms with E-state index in [2.05, 4.69) is 20.5 Å². The maximum atomic E-state index is 5.98. The summed E-state index contributed by atoms with van der Waals surface area (Å²) >= 11 is 0. The molecule has 1 aromatic rings. The van der Waals surface area contributed by atoms with E-state index < -0.39 is 0 Å². The molecule has 1 aromatic carbocycles. The van der Waals surface area contributed by atoms with Crippen molar-refractivity contribution in [3.8, 4) is 11.5 Å². The van der Waals surface area contributed by atoms with Crippen molar-refractivity contribution < 1.29 is 14.2 Å². The van der Waals surface area contributed by atoms with Crippen LogP contribution in [0.3, 0.4) is 0 Å². The Morgan fingerprint density at radius 3 is 2.48 bits per heavy atom. The molecule has 1 saturated heterocycles. The van der Waals surface area contributed by atoms with Gasteiger partial charge in [-0.2, -0.15) is 0 Å². The molecule has 29 heavy (non-hydrogen) atoms. The quantitative estimate of drug-likeness (QED) is 0.281. The second-order valence-corrected chi connectivity index (χ2v) is 7.19. The molecule has 166 valence electrons. The van der Waals surface area contributed by atoms with Crippen LogP contribution in [0, 0.1) is 5.92 Å². The molecule has 0 spiro atoms. The van der Waals surface area contributed by atoms with Crippen molar-refractivity contribution in [2.24, 2.45) is 10.9 Å². The van der Waals surface area contributed by atoms with E-state index in [0.717, 1.165) is 50.2 Å². The van der Waals surface area contributed by atoms with Crippen LogP contribution < -0.4 is 20.1 Å². The highest BCUT2D eigenvalue weighted by molar-refractivity contribution is 14.0. The zero-order chi connectivity index (χ0) is 20.2. The van der Waals surface area contributed by atoms with Gasteiger partial charge in [-0.25, -0.2) is 0 Å². The number of aliphatic imine (C=N–C) groups is 1. The van der Waals surface area contributed by atoms with Gasteiger partial charge in [-0.05, 0) is 50.9 Å². The fourth-order valence-electron chi connectivity index (χ4n) is 3.31. The molecule has 0 bridgehead atoms. The van der Waals surface area contributed by atoms with E-state index in [0.29, 0.717) is 12.5 Å². The summed E-state index contributed by atoms with van der Waals surface area (Å²) in [6.07, 6.45) is 2.40. The minimum Gasteiger partial charge on any atom is -0.493 e. The molecular weight excluding hydrogens is 483 g/mol. The van der Waals surface area contributed by atoms with Crippen molar-refractivity contribution in [1.29, 1.82) is 0 Å². The third kappa shape index (κ3) is 9.39. The maximum Gasteiger partial charge on any atom is 0.191 e. The molecule has 2 rings (SSSR count). The molecule has 7 nitrogen and oxygen atoms in total. The Labute approximate surface area is 192 Å². The summed E-state index contributed by atoms with van der Waals surface area (Å²) in [4.78, 5) is 6.80. The highest BCUT2D eigenvalue weighted by Crippen LogP contribution is 2.26. The predicted octanol–water partition coefficient (Wildman–Crippen LogP) is 2.60. The van der Waals surface area contributed by atoms with E-state index in [1.165, 1.54) is 12.8 Å². The number of halogens is 1. The number of guanidine groups is 1. The van der Waals surface area contributed by atoms with E-state index in [9.17, 15) is 0 Å². The Bertz CT molecular complexity index is 595. The topological polar surface area (TPSA) is 67.4 Å². The highest BCUT2D eigenvalue weighted by Gasteiger charge is 2.19. The van der Waals surface area contributed by atoms with Crippen molar-refractivity contribution in [2.45, 2.75) is 25.9 Å². The molecule has 0 aliphatic carbocycles. The lowest BCUT2D eigenvalue weighted by Crippen LogP contribution is -2.45. The number of likely N-dealkylation sites (tertiary alicyclic amines) is 1. The molecule has 1 heterocycles. The van der Waals surface area contributed by atoms with Gasteiger partial charge in [0.2, 0.25) is 0 Å². The molecule has 1 fully saturated rings. The second kappa shape index (κ2) is 14.7. The minimum absolute atomic E-state index is 0. The number of hydrogen-bond donors (Lipinski definition) is 2. The molecule has 1 unspecified atom stereocenters. The standard InChI is InChI=1S/C21H36N4O3.HI/c1-17(28-20-8-6-5-7-19(20)27-4)15-23-21(22-2)24-16-18-9-11-25(12-10-18)13-14-26-3;/h5-8,17-18H,9-16H2,1-4H3,(H2,22,23,24);1H. The third-order valence-electron chi connectivity index (χ3n) is 5.05. The van der Waals surface area contributed by atoms with Crippen LogP contribution in [0.25, 0.3) is 0 Å². The number of para-hydroxylation sites is 2. The Kier molecular flexibility index (Phi) is 13.0. The lowest BCUT2D eigenvalue weighted by atomic mass is 9.97. The second-order valence-electron chi connectivity index (χ2n) is 7.19. The number of hydrogen-bond acceptors (Lipinski definition) is 5. The van der Waals surface area contributed by atoms with Gasteiger partial charge in [0, 0.05) is 27.2 Å². The Hall–Kier alpha value is -1.26. The van der Waals surface area contributed by atoms with Gasteiger partial charge in [0.1, 0.15) is 6.10 Å². The normalized spacial score (nSPS) is 16.6. The summed E-state index contributed by atoms with van der Waals surface area (Å²) in [7, 11) is 5.21. The first-order chi connectivity index (χ1) is 13.7. The number of benzene rings is 1. The average molecular weight is 520 g/mol.